The summed E-state index contributed by atoms with van der Waals surface area (Å²) in [5, 5.41) is 8.46. The number of hydrogen-bond donors (Lipinski definition) is 0. The van der Waals surface area contributed by atoms with Crippen LogP contribution in [0.2, 0.25) is 0 Å². The molecule has 0 radical (unpaired) electrons. The van der Waals surface area contributed by atoms with E-state index in [4.69, 9.17) is 9.68 Å². The largest absolute Gasteiger partial charge is 0.468 e. The van der Waals surface area contributed by atoms with Crippen molar-refractivity contribution in [2.75, 3.05) is 12.3 Å². The molecule has 0 aliphatic carbocycles. The van der Waals surface area contributed by atoms with Gasteiger partial charge in [-0.3, -0.25) is 0 Å². The van der Waals surface area contributed by atoms with Crippen LogP contribution in [-0.2, 0) is 10.0 Å². The van der Waals surface area contributed by atoms with E-state index >= 15 is 0 Å². The molecule has 0 spiro atoms. The lowest BCUT2D eigenvalue weighted by Crippen LogP contribution is -2.32. The van der Waals surface area contributed by atoms with Crippen molar-refractivity contribution in [3.05, 3.63) is 24.2 Å². The fourth-order valence-corrected chi connectivity index (χ4v) is 4.04. The van der Waals surface area contributed by atoms with Crippen LogP contribution in [-0.4, -0.2) is 25.0 Å². The molecule has 98 valence electrons. The molecule has 18 heavy (non-hydrogen) atoms. The van der Waals surface area contributed by atoms with Gasteiger partial charge in [0.1, 0.15) is 5.76 Å². The van der Waals surface area contributed by atoms with Crippen molar-refractivity contribution >= 4 is 10.0 Å². The first-order valence-corrected chi connectivity index (χ1v) is 7.66. The van der Waals surface area contributed by atoms with Gasteiger partial charge in [-0.15, -0.1) is 0 Å². The van der Waals surface area contributed by atoms with Crippen LogP contribution in [0.4, 0.5) is 0 Å². The van der Waals surface area contributed by atoms with Gasteiger partial charge in [-0.05, 0) is 31.4 Å². The van der Waals surface area contributed by atoms with E-state index in [1.165, 1.54) is 4.31 Å². The van der Waals surface area contributed by atoms with E-state index in [-0.39, 0.29) is 18.2 Å². The van der Waals surface area contributed by atoms with Crippen molar-refractivity contribution < 1.29 is 12.8 Å². The minimum atomic E-state index is -3.29. The van der Waals surface area contributed by atoms with Gasteiger partial charge in [0, 0.05) is 13.0 Å². The fraction of sp³-hybridized carbons (Fsp3) is 0.583. The number of rotatable bonds is 5. The summed E-state index contributed by atoms with van der Waals surface area (Å²) < 4.78 is 31.2. The highest BCUT2D eigenvalue weighted by atomic mass is 32.2. The molecule has 2 heterocycles. The van der Waals surface area contributed by atoms with Gasteiger partial charge in [0.25, 0.3) is 0 Å². The van der Waals surface area contributed by atoms with E-state index in [9.17, 15) is 8.42 Å². The number of unbranched alkanes of at least 4 members (excludes halogenated alkanes) is 1. The molecule has 1 aromatic heterocycles. The zero-order valence-corrected chi connectivity index (χ0v) is 10.9. The van der Waals surface area contributed by atoms with Crippen molar-refractivity contribution in [3.8, 4) is 6.07 Å². The fourth-order valence-electron chi connectivity index (χ4n) is 2.29. The van der Waals surface area contributed by atoms with Gasteiger partial charge in [-0.2, -0.15) is 9.57 Å². The maximum Gasteiger partial charge on any atom is 0.214 e. The Hall–Kier alpha value is -1.32. The van der Waals surface area contributed by atoms with Crippen LogP contribution >= 0.6 is 0 Å². The second kappa shape index (κ2) is 5.55. The Bertz CT molecular complexity index is 516. The van der Waals surface area contributed by atoms with Crippen molar-refractivity contribution in [1.82, 2.24) is 4.31 Å². The summed E-state index contributed by atoms with van der Waals surface area (Å²) in [7, 11) is -3.29. The minimum Gasteiger partial charge on any atom is -0.468 e. The highest BCUT2D eigenvalue weighted by Crippen LogP contribution is 2.34. The van der Waals surface area contributed by atoms with Gasteiger partial charge >= 0.3 is 0 Å². The lowest BCUT2D eigenvalue weighted by molar-refractivity contribution is 0.339. The van der Waals surface area contributed by atoms with Gasteiger partial charge in [0.15, 0.2) is 0 Å². The molecular formula is C12H16N2O3S. The Labute approximate surface area is 107 Å². The highest BCUT2D eigenvalue weighted by Gasteiger charge is 2.36. The third kappa shape index (κ3) is 2.74. The van der Waals surface area contributed by atoms with Gasteiger partial charge in [0.05, 0.1) is 24.1 Å². The second-order valence-corrected chi connectivity index (χ2v) is 6.40. The van der Waals surface area contributed by atoms with Crippen LogP contribution in [0.15, 0.2) is 22.8 Å². The number of hydrogen-bond acceptors (Lipinski definition) is 4. The summed E-state index contributed by atoms with van der Waals surface area (Å²) in [6.07, 6.45) is 3.88. The van der Waals surface area contributed by atoms with Gasteiger partial charge in [-0.1, -0.05) is 0 Å². The Morgan fingerprint density at radius 3 is 3.06 bits per heavy atom. The molecule has 1 aromatic rings. The summed E-state index contributed by atoms with van der Waals surface area (Å²) in [6, 6.07) is 5.38. The molecule has 2 rings (SSSR count). The Morgan fingerprint density at radius 2 is 2.39 bits per heavy atom. The monoisotopic (exact) mass is 268 g/mol. The third-order valence-corrected chi connectivity index (χ3v) is 5.08. The summed E-state index contributed by atoms with van der Waals surface area (Å²) >= 11 is 0. The molecular weight excluding hydrogens is 252 g/mol. The summed E-state index contributed by atoms with van der Waals surface area (Å²) in [5.74, 6) is 0.744. The van der Waals surface area contributed by atoms with E-state index in [2.05, 4.69) is 0 Å². The lowest BCUT2D eigenvalue weighted by Gasteiger charge is -2.22. The molecule has 0 amide bonds. The first kappa shape index (κ1) is 13.1. The Morgan fingerprint density at radius 1 is 1.56 bits per heavy atom. The molecule has 1 fully saturated rings. The second-order valence-electron chi connectivity index (χ2n) is 4.36. The number of nitrogens with zero attached hydrogens (tertiary/aromatic N) is 2. The molecule has 1 aliphatic heterocycles. The number of furan rings is 1. The summed E-state index contributed by atoms with van der Waals surface area (Å²) in [5.41, 5.74) is 0. The van der Waals surface area contributed by atoms with Gasteiger partial charge in [-0.25, -0.2) is 8.42 Å². The quantitative estimate of drug-likeness (QED) is 0.766. The van der Waals surface area contributed by atoms with E-state index in [0.29, 0.717) is 18.7 Å². The van der Waals surface area contributed by atoms with Crippen LogP contribution in [0.5, 0.6) is 0 Å². The minimum absolute atomic E-state index is 0.0395. The normalized spacial score (nSPS) is 20.9. The van der Waals surface area contributed by atoms with Crippen molar-refractivity contribution in [2.24, 2.45) is 0 Å². The molecule has 0 bridgehead atoms. The average Bonchev–Trinajstić information content (AvgIpc) is 3.00. The molecule has 1 aliphatic rings. The average molecular weight is 268 g/mol. The van der Waals surface area contributed by atoms with Crippen LogP contribution < -0.4 is 0 Å². The maximum atomic E-state index is 12.2. The van der Waals surface area contributed by atoms with Crippen molar-refractivity contribution in [1.29, 1.82) is 5.26 Å². The Kier molecular flexibility index (Phi) is 4.04. The molecule has 1 atom stereocenters. The van der Waals surface area contributed by atoms with Crippen molar-refractivity contribution in [3.63, 3.8) is 0 Å². The summed E-state index contributed by atoms with van der Waals surface area (Å²) in [6.45, 7) is 0.542. The molecule has 5 nitrogen and oxygen atoms in total. The molecule has 0 aromatic carbocycles. The number of nitriles is 1. The van der Waals surface area contributed by atoms with E-state index in [1.54, 1.807) is 12.3 Å². The zero-order valence-electron chi connectivity index (χ0n) is 10.1. The third-order valence-electron chi connectivity index (χ3n) is 3.12. The predicted molar refractivity (Wildman–Crippen MR) is 66.0 cm³/mol. The van der Waals surface area contributed by atoms with Gasteiger partial charge in [0.2, 0.25) is 10.0 Å². The van der Waals surface area contributed by atoms with Gasteiger partial charge < -0.3 is 4.42 Å². The van der Waals surface area contributed by atoms with Crippen LogP contribution in [0.3, 0.4) is 0 Å². The lowest BCUT2D eigenvalue weighted by atomic mass is 10.2. The molecule has 0 unspecified atom stereocenters. The number of sulfonamides is 1. The predicted octanol–water partition coefficient (Wildman–Crippen LogP) is 2.05. The maximum absolute atomic E-state index is 12.2. The first-order valence-electron chi connectivity index (χ1n) is 6.05. The first-order chi connectivity index (χ1) is 8.65. The topological polar surface area (TPSA) is 74.3 Å². The van der Waals surface area contributed by atoms with E-state index < -0.39 is 10.0 Å². The summed E-state index contributed by atoms with van der Waals surface area (Å²) in [4.78, 5) is 0. The SMILES string of the molecule is N#CCCCS(=O)(=O)N1CCC[C@@H]1c1ccco1. The smallest absolute Gasteiger partial charge is 0.214 e. The molecule has 0 saturated carbocycles. The van der Waals surface area contributed by atoms with Crippen LogP contribution in [0.25, 0.3) is 0 Å². The van der Waals surface area contributed by atoms with Crippen LogP contribution in [0, 0.1) is 11.3 Å². The highest BCUT2D eigenvalue weighted by molar-refractivity contribution is 7.89. The van der Waals surface area contributed by atoms with Crippen molar-refractivity contribution in [2.45, 2.75) is 31.7 Å². The van der Waals surface area contributed by atoms with Crippen LogP contribution in [0.1, 0.15) is 37.5 Å². The zero-order chi connectivity index (χ0) is 13.0. The Balaban J connectivity index is 2.09. The standard InChI is InChI=1S/C12H16N2O3S/c13-7-1-2-10-18(15,16)14-8-3-5-11(14)12-6-4-9-17-12/h4,6,9,11H,1-3,5,8,10H2/t11-/m1/s1. The van der Waals surface area contributed by atoms with E-state index in [0.717, 1.165) is 12.8 Å². The molecule has 0 N–H and O–H groups in total. The molecule has 6 heteroatoms. The van der Waals surface area contributed by atoms with E-state index in [1.807, 2.05) is 12.1 Å². The molecule has 1 saturated heterocycles.